The first kappa shape index (κ1) is 22.0. The Labute approximate surface area is 178 Å². The van der Waals surface area contributed by atoms with E-state index >= 15 is 0 Å². The number of benzene rings is 2. The van der Waals surface area contributed by atoms with Crippen LogP contribution in [0.4, 0.5) is 11.4 Å². The first-order chi connectivity index (χ1) is 14.3. The lowest BCUT2D eigenvalue weighted by atomic mass is 10.1. The van der Waals surface area contributed by atoms with E-state index in [9.17, 15) is 13.2 Å². The first-order valence-electron chi connectivity index (χ1n) is 10.1. The van der Waals surface area contributed by atoms with Crippen LogP contribution in [-0.2, 0) is 21.2 Å². The molecule has 3 rings (SSSR count). The van der Waals surface area contributed by atoms with Crippen LogP contribution in [0.1, 0.15) is 32.3 Å². The summed E-state index contributed by atoms with van der Waals surface area (Å²) in [6, 6.07) is 11.5. The Morgan fingerprint density at radius 2 is 1.77 bits per heavy atom. The molecule has 2 aromatic carbocycles. The van der Waals surface area contributed by atoms with Crippen molar-refractivity contribution < 1.29 is 22.7 Å². The average molecular weight is 433 g/mol. The number of ether oxygens (including phenoxy) is 2. The molecule has 2 aromatic rings. The predicted octanol–water partition coefficient (Wildman–Crippen LogP) is 3.59. The van der Waals surface area contributed by atoms with Crippen LogP contribution in [0.15, 0.2) is 42.5 Å². The van der Waals surface area contributed by atoms with E-state index in [1.807, 2.05) is 24.3 Å². The number of unbranched alkanes of at least 4 members (excludes halogenated alkanes) is 1. The second-order valence-electron chi connectivity index (χ2n) is 7.35. The lowest BCUT2D eigenvalue weighted by Crippen LogP contribution is -2.45. The van der Waals surface area contributed by atoms with E-state index in [0.29, 0.717) is 36.1 Å². The fourth-order valence-electron chi connectivity index (χ4n) is 3.36. The predicted molar refractivity (Wildman–Crippen MR) is 118 cm³/mol. The summed E-state index contributed by atoms with van der Waals surface area (Å²) in [5, 5.41) is 2.81. The maximum Gasteiger partial charge on any atom is 0.247 e. The Balaban J connectivity index is 1.78. The second-order valence-corrected chi connectivity index (χ2v) is 9.21. The van der Waals surface area contributed by atoms with E-state index in [2.05, 4.69) is 12.2 Å². The van der Waals surface area contributed by atoms with Gasteiger partial charge >= 0.3 is 0 Å². The zero-order valence-corrected chi connectivity index (χ0v) is 18.4. The number of carbonyl (C=O) groups excluding carboxylic acids is 1. The van der Waals surface area contributed by atoms with Gasteiger partial charge in [-0.15, -0.1) is 0 Å². The van der Waals surface area contributed by atoms with Crippen molar-refractivity contribution in [2.45, 2.75) is 39.2 Å². The fourth-order valence-corrected chi connectivity index (χ4v) is 4.53. The topological polar surface area (TPSA) is 84.9 Å². The van der Waals surface area contributed by atoms with Gasteiger partial charge in [-0.2, -0.15) is 0 Å². The summed E-state index contributed by atoms with van der Waals surface area (Å²) < 4.78 is 37.2. The minimum Gasteiger partial charge on any atom is -0.486 e. The summed E-state index contributed by atoms with van der Waals surface area (Å²) in [5.41, 5.74) is 2.18. The van der Waals surface area contributed by atoms with Gasteiger partial charge in [0.2, 0.25) is 15.9 Å². The molecular weight excluding hydrogens is 404 g/mol. The third-order valence-corrected chi connectivity index (χ3v) is 6.15. The van der Waals surface area contributed by atoms with Crippen molar-refractivity contribution in [3.63, 3.8) is 0 Å². The fraction of sp³-hybridized carbons (Fsp3) is 0.409. The van der Waals surface area contributed by atoms with E-state index < -0.39 is 22.0 Å². The number of nitrogens with zero attached hydrogens (tertiary/aromatic N) is 1. The minimum absolute atomic E-state index is 0.347. The van der Waals surface area contributed by atoms with Gasteiger partial charge in [-0.1, -0.05) is 25.5 Å². The van der Waals surface area contributed by atoms with Crippen molar-refractivity contribution in [2.24, 2.45) is 0 Å². The SMILES string of the molecule is CCCCc1ccc(NC(=O)[C@@H](C)N(c2ccc3c(c2)OCCO3)S(C)(=O)=O)cc1. The number of fused-ring (bicyclic) bond motifs is 1. The summed E-state index contributed by atoms with van der Waals surface area (Å²) in [6.45, 7) is 4.53. The van der Waals surface area contributed by atoms with Gasteiger partial charge < -0.3 is 14.8 Å². The Kier molecular flexibility index (Phi) is 6.87. The van der Waals surface area contributed by atoms with Crippen LogP contribution < -0.4 is 19.1 Å². The minimum atomic E-state index is -3.72. The van der Waals surface area contributed by atoms with E-state index in [1.165, 1.54) is 5.56 Å². The number of hydrogen-bond donors (Lipinski definition) is 1. The quantitative estimate of drug-likeness (QED) is 0.689. The number of carbonyl (C=O) groups is 1. The molecule has 30 heavy (non-hydrogen) atoms. The van der Waals surface area contributed by atoms with Gasteiger partial charge in [0.1, 0.15) is 19.3 Å². The number of amides is 1. The van der Waals surface area contributed by atoms with Crippen molar-refractivity contribution >= 4 is 27.3 Å². The van der Waals surface area contributed by atoms with E-state index in [0.717, 1.165) is 29.8 Å². The molecular formula is C22H28N2O5S. The molecule has 0 fully saturated rings. The normalized spacial score (nSPS) is 14.1. The van der Waals surface area contributed by atoms with Crippen LogP contribution in [0.2, 0.25) is 0 Å². The number of anilines is 2. The third kappa shape index (κ3) is 5.24. The zero-order chi connectivity index (χ0) is 21.7. The second kappa shape index (κ2) is 9.38. The summed E-state index contributed by atoms with van der Waals surface area (Å²) in [4.78, 5) is 12.8. The van der Waals surface area contributed by atoms with Gasteiger partial charge in [-0.05, 0) is 49.6 Å². The number of sulfonamides is 1. The molecule has 0 aliphatic carbocycles. The molecule has 0 spiro atoms. The highest BCUT2D eigenvalue weighted by molar-refractivity contribution is 7.92. The zero-order valence-electron chi connectivity index (χ0n) is 17.6. The first-order valence-corrected chi connectivity index (χ1v) is 11.9. The molecule has 8 heteroatoms. The molecule has 1 N–H and O–H groups in total. The standard InChI is InChI=1S/C22H28N2O5S/c1-4-5-6-17-7-9-18(10-8-17)23-22(25)16(2)24(30(3,26)27)19-11-12-20-21(15-19)29-14-13-28-20/h7-12,15-16H,4-6,13-14H2,1-3H3,(H,23,25)/t16-/m1/s1. The summed E-state index contributed by atoms with van der Waals surface area (Å²) >= 11 is 0. The number of nitrogens with one attached hydrogen (secondary N) is 1. The van der Waals surface area contributed by atoms with Gasteiger partial charge in [-0.3, -0.25) is 9.10 Å². The molecule has 0 unspecified atom stereocenters. The molecule has 0 aromatic heterocycles. The highest BCUT2D eigenvalue weighted by atomic mass is 32.2. The van der Waals surface area contributed by atoms with Crippen LogP contribution >= 0.6 is 0 Å². The summed E-state index contributed by atoms with van der Waals surface area (Å²) in [6.07, 6.45) is 4.31. The molecule has 1 heterocycles. The van der Waals surface area contributed by atoms with E-state index in [1.54, 1.807) is 25.1 Å². The lowest BCUT2D eigenvalue weighted by Gasteiger charge is -2.29. The molecule has 0 bridgehead atoms. The third-order valence-electron chi connectivity index (χ3n) is 4.91. The molecule has 0 saturated carbocycles. The van der Waals surface area contributed by atoms with Gasteiger partial charge in [0.05, 0.1) is 11.9 Å². The van der Waals surface area contributed by atoms with E-state index in [4.69, 9.17) is 9.47 Å². The van der Waals surface area contributed by atoms with Gasteiger partial charge in [-0.25, -0.2) is 8.42 Å². The Morgan fingerprint density at radius 3 is 2.40 bits per heavy atom. The van der Waals surface area contributed by atoms with Gasteiger partial charge in [0, 0.05) is 11.8 Å². The molecule has 1 amide bonds. The number of hydrogen-bond acceptors (Lipinski definition) is 5. The van der Waals surface area contributed by atoms with Crippen LogP contribution in [-0.4, -0.2) is 39.8 Å². The maximum absolute atomic E-state index is 12.8. The van der Waals surface area contributed by atoms with Crippen LogP contribution in [0.25, 0.3) is 0 Å². The van der Waals surface area contributed by atoms with Crippen molar-refractivity contribution in [1.82, 2.24) is 0 Å². The van der Waals surface area contributed by atoms with Crippen molar-refractivity contribution in [3.05, 3.63) is 48.0 Å². The Hall–Kier alpha value is -2.74. The van der Waals surface area contributed by atoms with Gasteiger partial charge in [0.15, 0.2) is 11.5 Å². The summed E-state index contributed by atoms with van der Waals surface area (Å²) in [5.74, 6) is 0.595. The van der Waals surface area contributed by atoms with Crippen molar-refractivity contribution in [3.8, 4) is 11.5 Å². The average Bonchev–Trinajstić information content (AvgIpc) is 2.72. The molecule has 0 radical (unpaired) electrons. The van der Waals surface area contributed by atoms with Gasteiger partial charge in [0.25, 0.3) is 0 Å². The monoisotopic (exact) mass is 432 g/mol. The largest absolute Gasteiger partial charge is 0.486 e. The summed E-state index contributed by atoms with van der Waals surface area (Å²) in [7, 11) is -3.72. The highest BCUT2D eigenvalue weighted by Gasteiger charge is 2.30. The number of rotatable bonds is 8. The Morgan fingerprint density at radius 1 is 1.10 bits per heavy atom. The molecule has 1 aliphatic heterocycles. The highest BCUT2D eigenvalue weighted by Crippen LogP contribution is 2.35. The molecule has 162 valence electrons. The number of aryl methyl sites for hydroxylation is 1. The maximum atomic E-state index is 12.8. The Bertz CT molecular complexity index is 989. The lowest BCUT2D eigenvalue weighted by molar-refractivity contribution is -0.116. The molecule has 0 saturated heterocycles. The van der Waals surface area contributed by atoms with Crippen LogP contribution in [0, 0.1) is 0 Å². The molecule has 7 nitrogen and oxygen atoms in total. The van der Waals surface area contributed by atoms with Crippen molar-refractivity contribution in [2.75, 3.05) is 29.1 Å². The van der Waals surface area contributed by atoms with Crippen LogP contribution in [0.5, 0.6) is 11.5 Å². The smallest absolute Gasteiger partial charge is 0.247 e. The van der Waals surface area contributed by atoms with Crippen LogP contribution in [0.3, 0.4) is 0 Å². The molecule has 1 atom stereocenters. The van der Waals surface area contributed by atoms with Crippen molar-refractivity contribution in [1.29, 1.82) is 0 Å². The molecule has 1 aliphatic rings. The van der Waals surface area contributed by atoms with E-state index in [-0.39, 0.29) is 0 Å².